The van der Waals surface area contributed by atoms with Gasteiger partial charge in [0.2, 0.25) is 5.91 Å². The molecule has 1 saturated heterocycles. The molecule has 0 radical (unpaired) electrons. The van der Waals surface area contributed by atoms with E-state index in [0.29, 0.717) is 23.9 Å². The van der Waals surface area contributed by atoms with Crippen LogP contribution in [-0.2, 0) is 9.53 Å². The number of ether oxygens (including phenoxy) is 1. The van der Waals surface area contributed by atoms with Crippen molar-refractivity contribution < 1.29 is 14.6 Å². The minimum absolute atomic E-state index is 0.00746. The third kappa shape index (κ3) is 5.12. The Morgan fingerprint density at radius 2 is 1.82 bits per heavy atom. The summed E-state index contributed by atoms with van der Waals surface area (Å²) in [6, 6.07) is 0. The zero-order valence-corrected chi connectivity index (χ0v) is 25.4. The third-order valence-corrected chi connectivity index (χ3v) is 13.1. The maximum Gasteiger partial charge on any atom is 0.220 e. The number of fused-ring (bicyclic) bond motifs is 4. The molecule has 0 aromatic heterocycles. The maximum atomic E-state index is 12.3. The van der Waals surface area contributed by atoms with E-state index in [1.165, 1.54) is 70.6 Å². The molecule has 0 aromatic carbocycles. The fraction of sp³-hybridized carbons (Fsp3) is 0.971. The van der Waals surface area contributed by atoms with Gasteiger partial charge in [-0.2, -0.15) is 0 Å². The Balaban J connectivity index is 1.10. The van der Waals surface area contributed by atoms with Gasteiger partial charge in [0, 0.05) is 24.8 Å². The lowest BCUT2D eigenvalue weighted by Crippen LogP contribution is -2.58. The van der Waals surface area contributed by atoms with E-state index in [9.17, 15) is 9.90 Å². The van der Waals surface area contributed by atoms with Gasteiger partial charge in [-0.05, 0) is 92.3 Å². The molecule has 4 aliphatic carbocycles. The van der Waals surface area contributed by atoms with E-state index in [1.54, 1.807) is 0 Å². The zero-order chi connectivity index (χ0) is 27.1. The predicted octanol–water partition coefficient (Wildman–Crippen LogP) is 7.67. The Morgan fingerprint density at radius 1 is 1.00 bits per heavy atom. The van der Waals surface area contributed by atoms with Crippen molar-refractivity contribution in [2.24, 2.45) is 46.3 Å². The SMILES string of the molecule is CCCCCCNC(=O)CC(C)CCC[C@@H](C)[C@H]1CC[C@H]2[C@@H]3CC4OC45C[C@@H](O)CC[C@]5(C)[C@H]3CC[C@]12C. The van der Waals surface area contributed by atoms with Gasteiger partial charge in [0.1, 0.15) is 5.60 Å². The molecular weight excluding hydrogens is 470 g/mol. The lowest BCUT2D eigenvalue weighted by molar-refractivity contribution is -0.122. The summed E-state index contributed by atoms with van der Waals surface area (Å²) in [7, 11) is 0. The Morgan fingerprint density at radius 3 is 2.61 bits per heavy atom. The number of aliphatic hydroxyl groups is 1. The second-order valence-corrected chi connectivity index (χ2v) is 15.3. The van der Waals surface area contributed by atoms with E-state index >= 15 is 0 Å². The molecule has 3 unspecified atom stereocenters. The first-order chi connectivity index (χ1) is 18.1. The largest absolute Gasteiger partial charge is 0.393 e. The molecule has 1 heterocycles. The van der Waals surface area contributed by atoms with E-state index in [1.807, 2.05) is 0 Å². The summed E-state index contributed by atoms with van der Waals surface area (Å²) >= 11 is 0. The van der Waals surface area contributed by atoms with E-state index in [-0.39, 0.29) is 23.0 Å². The quantitative estimate of drug-likeness (QED) is 0.201. The second kappa shape index (κ2) is 11.3. The molecule has 0 aromatic rings. The fourth-order valence-electron chi connectivity index (χ4n) is 10.9. The number of aliphatic hydroxyl groups excluding tert-OH is 1. The molecule has 1 amide bonds. The highest BCUT2D eigenvalue weighted by Crippen LogP contribution is 2.74. The molecule has 5 rings (SSSR count). The minimum Gasteiger partial charge on any atom is -0.393 e. The van der Waals surface area contributed by atoms with Gasteiger partial charge in [-0.15, -0.1) is 0 Å². The summed E-state index contributed by atoms with van der Waals surface area (Å²) < 4.78 is 6.54. The van der Waals surface area contributed by atoms with Crippen molar-refractivity contribution >= 4 is 5.91 Å². The summed E-state index contributed by atoms with van der Waals surface area (Å²) in [5.41, 5.74) is 0.777. The molecule has 5 aliphatic rings. The average Bonchev–Trinajstić information content (AvgIpc) is 3.44. The van der Waals surface area contributed by atoms with E-state index in [2.05, 4.69) is 39.9 Å². The van der Waals surface area contributed by atoms with Crippen LogP contribution in [0.25, 0.3) is 0 Å². The van der Waals surface area contributed by atoms with Gasteiger partial charge >= 0.3 is 0 Å². The van der Waals surface area contributed by atoms with Gasteiger partial charge < -0.3 is 15.2 Å². The molecular formula is C34H59NO3. The molecule has 38 heavy (non-hydrogen) atoms. The number of unbranched alkanes of at least 4 members (excludes halogenated alkanes) is 3. The van der Waals surface area contributed by atoms with Crippen LogP contribution in [0.4, 0.5) is 0 Å². The van der Waals surface area contributed by atoms with Crippen molar-refractivity contribution in [3.05, 3.63) is 0 Å². The molecule has 5 fully saturated rings. The number of carbonyl (C=O) groups is 1. The third-order valence-electron chi connectivity index (χ3n) is 13.1. The van der Waals surface area contributed by atoms with Crippen LogP contribution in [0.15, 0.2) is 0 Å². The molecule has 1 spiro atoms. The predicted molar refractivity (Wildman–Crippen MR) is 155 cm³/mol. The van der Waals surface area contributed by atoms with Crippen molar-refractivity contribution in [3.63, 3.8) is 0 Å². The van der Waals surface area contributed by atoms with E-state index < -0.39 is 0 Å². The minimum atomic E-state index is -0.150. The van der Waals surface area contributed by atoms with E-state index in [0.717, 1.165) is 61.8 Å². The zero-order valence-electron chi connectivity index (χ0n) is 25.4. The van der Waals surface area contributed by atoms with Gasteiger partial charge in [-0.1, -0.05) is 73.1 Å². The van der Waals surface area contributed by atoms with Gasteiger partial charge in [0.25, 0.3) is 0 Å². The standard InChI is InChI=1S/C34H59NO3/c1-6-7-8-9-19-35-31(37)20-23(2)11-10-12-24(3)27-13-14-28-26-21-30-34(38-30)22-25(36)15-18-33(34,5)29(26)16-17-32(27,28)4/h23-30,36H,6-22H2,1-5H3,(H,35,37)/t23?,24-,25+,26+,27-,28+,29+,30?,32-,33-,34?/m1/s1. The van der Waals surface area contributed by atoms with Crippen molar-refractivity contribution in [3.8, 4) is 0 Å². The molecule has 218 valence electrons. The van der Waals surface area contributed by atoms with Crippen LogP contribution in [-0.4, -0.2) is 35.4 Å². The Hall–Kier alpha value is -0.610. The smallest absolute Gasteiger partial charge is 0.220 e. The van der Waals surface area contributed by atoms with Gasteiger partial charge in [-0.3, -0.25) is 4.79 Å². The van der Waals surface area contributed by atoms with E-state index in [4.69, 9.17) is 4.74 Å². The monoisotopic (exact) mass is 529 g/mol. The Bertz CT molecular complexity index is 831. The summed E-state index contributed by atoms with van der Waals surface area (Å²) in [5.74, 6) is 4.84. The van der Waals surface area contributed by atoms with Crippen molar-refractivity contribution in [2.75, 3.05) is 6.54 Å². The number of epoxide rings is 1. The first-order valence-electron chi connectivity index (χ1n) is 16.8. The number of rotatable bonds is 12. The Labute approximate surface area is 233 Å². The first kappa shape index (κ1) is 28.9. The van der Waals surface area contributed by atoms with Crippen molar-refractivity contribution in [2.45, 2.75) is 155 Å². The summed E-state index contributed by atoms with van der Waals surface area (Å²) in [4.78, 5) is 12.3. The van der Waals surface area contributed by atoms with Crippen molar-refractivity contribution in [1.82, 2.24) is 5.32 Å². The summed E-state index contributed by atoms with van der Waals surface area (Å²) in [6.45, 7) is 13.1. The molecule has 2 N–H and O–H groups in total. The fourth-order valence-corrected chi connectivity index (χ4v) is 10.9. The van der Waals surface area contributed by atoms with Gasteiger partial charge in [0.05, 0.1) is 12.2 Å². The molecule has 1 aliphatic heterocycles. The number of hydrogen-bond donors (Lipinski definition) is 2. The normalized spacial score (nSPS) is 44.8. The lowest BCUT2D eigenvalue weighted by Gasteiger charge is -2.59. The summed E-state index contributed by atoms with van der Waals surface area (Å²) in [5, 5.41) is 13.6. The molecule has 4 heteroatoms. The highest BCUT2D eigenvalue weighted by molar-refractivity contribution is 5.76. The van der Waals surface area contributed by atoms with Gasteiger partial charge in [-0.25, -0.2) is 0 Å². The molecule has 4 saturated carbocycles. The maximum absolute atomic E-state index is 12.3. The van der Waals surface area contributed by atoms with Crippen LogP contribution >= 0.6 is 0 Å². The number of nitrogens with one attached hydrogen (secondary N) is 1. The number of hydrogen-bond acceptors (Lipinski definition) is 3. The van der Waals surface area contributed by atoms with Crippen LogP contribution in [0.5, 0.6) is 0 Å². The average molecular weight is 530 g/mol. The topological polar surface area (TPSA) is 61.9 Å². The first-order valence-corrected chi connectivity index (χ1v) is 16.8. The summed E-state index contributed by atoms with van der Waals surface area (Å²) in [6.07, 6.45) is 19.4. The van der Waals surface area contributed by atoms with Crippen LogP contribution in [0.1, 0.15) is 137 Å². The molecule has 4 nitrogen and oxygen atoms in total. The van der Waals surface area contributed by atoms with Crippen LogP contribution in [0.2, 0.25) is 0 Å². The lowest BCUT2D eigenvalue weighted by atomic mass is 9.44. The number of carbonyl (C=O) groups excluding carboxylic acids is 1. The Kier molecular flexibility index (Phi) is 8.63. The molecule has 11 atom stereocenters. The van der Waals surface area contributed by atoms with Gasteiger partial charge in [0.15, 0.2) is 0 Å². The highest BCUT2D eigenvalue weighted by Gasteiger charge is 2.76. The highest BCUT2D eigenvalue weighted by atomic mass is 16.6. The van der Waals surface area contributed by atoms with Crippen molar-refractivity contribution in [1.29, 1.82) is 0 Å². The van der Waals surface area contributed by atoms with Crippen LogP contribution in [0, 0.1) is 46.3 Å². The second-order valence-electron chi connectivity index (χ2n) is 15.3. The van der Waals surface area contributed by atoms with Crippen LogP contribution in [0.3, 0.4) is 0 Å². The molecule has 0 bridgehead atoms. The number of amides is 1. The van der Waals surface area contributed by atoms with Crippen LogP contribution < -0.4 is 5.32 Å².